The van der Waals surface area contributed by atoms with Crippen LogP contribution < -0.4 is 5.32 Å². The highest BCUT2D eigenvalue weighted by atomic mass is 32.2. The van der Waals surface area contributed by atoms with Crippen LogP contribution in [0.5, 0.6) is 0 Å². The van der Waals surface area contributed by atoms with Gasteiger partial charge in [-0.1, -0.05) is 24.6 Å². The normalized spacial score (nSPS) is 19.4. The van der Waals surface area contributed by atoms with Crippen LogP contribution in [0.4, 0.5) is 5.13 Å². The number of nitrogens with zero attached hydrogens (tertiary/aromatic N) is 2. The van der Waals surface area contributed by atoms with Gasteiger partial charge in [-0.15, -0.1) is 11.3 Å². The van der Waals surface area contributed by atoms with Crippen molar-refractivity contribution in [1.82, 2.24) is 9.29 Å². The summed E-state index contributed by atoms with van der Waals surface area (Å²) >= 11 is 1.31. The van der Waals surface area contributed by atoms with Crippen molar-refractivity contribution in [2.75, 3.05) is 11.9 Å². The summed E-state index contributed by atoms with van der Waals surface area (Å²) in [6.45, 7) is 0.354. The Bertz CT molecular complexity index is 761. The highest BCUT2D eigenvalue weighted by Gasteiger charge is 2.37. The van der Waals surface area contributed by atoms with E-state index in [-0.39, 0.29) is 10.8 Å². The van der Waals surface area contributed by atoms with E-state index in [1.165, 1.54) is 15.6 Å². The molecule has 1 aromatic heterocycles. The Morgan fingerprint density at radius 2 is 2.04 bits per heavy atom. The smallest absolute Gasteiger partial charge is 0.244 e. The second kappa shape index (κ2) is 6.77. The molecular formula is C15H17N3O3S2. The molecule has 1 fully saturated rings. The number of nitrogens with one attached hydrogen (secondary N) is 1. The third-order valence-corrected chi connectivity index (χ3v) is 6.38. The third kappa shape index (κ3) is 3.44. The number of anilines is 1. The summed E-state index contributed by atoms with van der Waals surface area (Å²) in [6.07, 6.45) is 3.70. The fraction of sp³-hybridized carbons (Fsp3) is 0.333. The summed E-state index contributed by atoms with van der Waals surface area (Å²) in [7, 11) is -3.68. The van der Waals surface area contributed by atoms with Crippen LogP contribution in [0.2, 0.25) is 0 Å². The molecule has 3 rings (SSSR count). The number of carbonyl (C=O) groups is 1. The van der Waals surface area contributed by atoms with Crippen LogP contribution in [0.1, 0.15) is 19.3 Å². The molecule has 2 aromatic rings. The van der Waals surface area contributed by atoms with Crippen LogP contribution in [0.25, 0.3) is 0 Å². The Labute approximate surface area is 139 Å². The Hall–Kier alpha value is -1.77. The van der Waals surface area contributed by atoms with Crippen molar-refractivity contribution in [1.29, 1.82) is 0 Å². The summed E-state index contributed by atoms with van der Waals surface area (Å²) < 4.78 is 27.0. The number of amides is 1. The summed E-state index contributed by atoms with van der Waals surface area (Å²) in [5.74, 6) is -0.320. The number of sulfonamides is 1. The monoisotopic (exact) mass is 351 g/mol. The molecule has 23 heavy (non-hydrogen) atoms. The van der Waals surface area contributed by atoms with Crippen molar-refractivity contribution >= 4 is 32.4 Å². The molecule has 0 radical (unpaired) electrons. The molecule has 0 unspecified atom stereocenters. The summed E-state index contributed by atoms with van der Waals surface area (Å²) in [5.41, 5.74) is 0. The maximum atomic E-state index is 12.8. The van der Waals surface area contributed by atoms with Gasteiger partial charge in [-0.05, 0) is 25.0 Å². The lowest BCUT2D eigenvalue weighted by Crippen LogP contribution is -2.49. The molecule has 0 spiro atoms. The molecule has 2 heterocycles. The van der Waals surface area contributed by atoms with E-state index in [9.17, 15) is 13.2 Å². The van der Waals surface area contributed by atoms with Gasteiger partial charge in [0.15, 0.2) is 5.13 Å². The largest absolute Gasteiger partial charge is 0.301 e. The van der Waals surface area contributed by atoms with Crippen LogP contribution in [0.3, 0.4) is 0 Å². The van der Waals surface area contributed by atoms with Gasteiger partial charge in [-0.2, -0.15) is 4.31 Å². The van der Waals surface area contributed by atoms with E-state index < -0.39 is 16.1 Å². The lowest BCUT2D eigenvalue weighted by Gasteiger charge is -2.33. The summed E-state index contributed by atoms with van der Waals surface area (Å²) in [6, 6.07) is 7.54. The average molecular weight is 351 g/mol. The molecular weight excluding hydrogens is 334 g/mol. The van der Waals surface area contributed by atoms with Gasteiger partial charge in [0.25, 0.3) is 0 Å². The van der Waals surface area contributed by atoms with Gasteiger partial charge < -0.3 is 5.32 Å². The minimum atomic E-state index is -3.68. The lowest BCUT2D eigenvalue weighted by atomic mass is 10.0. The molecule has 1 amide bonds. The van der Waals surface area contributed by atoms with Gasteiger partial charge in [-0.25, -0.2) is 13.4 Å². The van der Waals surface area contributed by atoms with Gasteiger partial charge in [0.05, 0.1) is 4.90 Å². The SMILES string of the molecule is O=C(Nc1nccs1)[C@@H]1CCCCN1S(=O)(=O)c1ccccc1. The Balaban J connectivity index is 1.85. The molecule has 1 aliphatic rings. The van der Waals surface area contributed by atoms with E-state index in [1.807, 2.05) is 0 Å². The van der Waals surface area contributed by atoms with E-state index in [0.29, 0.717) is 18.1 Å². The first kappa shape index (κ1) is 16.1. The van der Waals surface area contributed by atoms with Crippen molar-refractivity contribution in [3.05, 3.63) is 41.9 Å². The van der Waals surface area contributed by atoms with Gasteiger partial charge in [0, 0.05) is 18.1 Å². The highest BCUT2D eigenvalue weighted by molar-refractivity contribution is 7.89. The first-order chi connectivity index (χ1) is 11.1. The molecule has 1 N–H and O–H groups in total. The van der Waals surface area contributed by atoms with Crippen molar-refractivity contribution in [3.8, 4) is 0 Å². The summed E-state index contributed by atoms with van der Waals surface area (Å²) in [4.78, 5) is 16.7. The minimum Gasteiger partial charge on any atom is -0.301 e. The topological polar surface area (TPSA) is 79.4 Å². The lowest BCUT2D eigenvalue weighted by molar-refractivity contribution is -0.120. The van der Waals surface area contributed by atoms with Crippen LogP contribution in [0.15, 0.2) is 46.8 Å². The quantitative estimate of drug-likeness (QED) is 0.917. The first-order valence-corrected chi connectivity index (χ1v) is 9.68. The second-order valence-electron chi connectivity index (χ2n) is 5.27. The molecule has 8 heteroatoms. The zero-order chi connectivity index (χ0) is 16.3. The number of hydrogen-bond donors (Lipinski definition) is 1. The Kier molecular flexibility index (Phi) is 4.74. The van der Waals surface area contributed by atoms with Crippen molar-refractivity contribution in [3.63, 3.8) is 0 Å². The predicted octanol–water partition coefficient (Wildman–Crippen LogP) is 2.33. The number of piperidine rings is 1. The van der Waals surface area contributed by atoms with E-state index in [4.69, 9.17) is 0 Å². The maximum absolute atomic E-state index is 12.8. The number of benzene rings is 1. The number of rotatable bonds is 4. The molecule has 1 atom stereocenters. The standard InChI is InChI=1S/C15H17N3O3S2/c19-14(17-15-16-9-11-22-15)13-8-4-5-10-18(13)23(20,21)12-6-2-1-3-7-12/h1-3,6-7,9,11,13H,4-5,8,10H2,(H,16,17,19)/t13-/m0/s1. The molecule has 122 valence electrons. The van der Waals surface area contributed by atoms with Gasteiger partial charge in [-0.3, -0.25) is 4.79 Å². The highest BCUT2D eigenvalue weighted by Crippen LogP contribution is 2.26. The van der Waals surface area contributed by atoms with E-state index >= 15 is 0 Å². The van der Waals surface area contributed by atoms with E-state index in [1.54, 1.807) is 41.9 Å². The number of thiazole rings is 1. The molecule has 1 aromatic carbocycles. The van der Waals surface area contributed by atoms with Crippen molar-refractivity contribution in [2.45, 2.75) is 30.2 Å². The summed E-state index contributed by atoms with van der Waals surface area (Å²) in [5, 5.41) is 4.95. The molecule has 0 bridgehead atoms. The third-order valence-electron chi connectivity index (χ3n) is 3.77. The average Bonchev–Trinajstić information content (AvgIpc) is 3.08. The Morgan fingerprint density at radius 3 is 2.74 bits per heavy atom. The molecule has 0 saturated carbocycles. The first-order valence-electron chi connectivity index (χ1n) is 7.36. The fourth-order valence-corrected chi connectivity index (χ4v) is 4.87. The Morgan fingerprint density at radius 1 is 1.26 bits per heavy atom. The number of aromatic nitrogens is 1. The predicted molar refractivity (Wildman–Crippen MR) is 88.7 cm³/mol. The molecule has 1 aliphatic heterocycles. The molecule has 6 nitrogen and oxygen atoms in total. The van der Waals surface area contributed by atoms with Crippen LogP contribution in [-0.2, 0) is 14.8 Å². The van der Waals surface area contributed by atoms with Gasteiger partial charge in [0.1, 0.15) is 6.04 Å². The minimum absolute atomic E-state index is 0.217. The van der Waals surface area contributed by atoms with Crippen LogP contribution in [-0.4, -0.2) is 36.2 Å². The van der Waals surface area contributed by atoms with Crippen LogP contribution in [0, 0.1) is 0 Å². The van der Waals surface area contributed by atoms with E-state index in [0.717, 1.165) is 12.8 Å². The van der Waals surface area contributed by atoms with E-state index in [2.05, 4.69) is 10.3 Å². The second-order valence-corrected chi connectivity index (χ2v) is 8.05. The van der Waals surface area contributed by atoms with Crippen molar-refractivity contribution in [2.24, 2.45) is 0 Å². The van der Waals surface area contributed by atoms with Crippen LogP contribution >= 0.6 is 11.3 Å². The van der Waals surface area contributed by atoms with Gasteiger partial charge in [0.2, 0.25) is 15.9 Å². The van der Waals surface area contributed by atoms with Crippen molar-refractivity contribution < 1.29 is 13.2 Å². The molecule has 0 aliphatic carbocycles. The fourth-order valence-electron chi connectivity index (χ4n) is 2.66. The maximum Gasteiger partial charge on any atom is 0.244 e. The molecule has 1 saturated heterocycles. The zero-order valence-electron chi connectivity index (χ0n) is 12.4. The zero-order valence-corrected chi connectivity index (χ0v) is 14.0. The number of carbonyl (C=O) groups excluding carboxylic acids is 1. The number of hydrogen-bond acceptors (Lipinski definition) is 5. The van der Waals surface area contributed by atoms with Gasteiger partial charge >= 0.3 is 0 Å².